The lowest BCUT2D eigenvalue weighted by Crippen LogP contribution is -2.14. The molecule has 1 amide bonds. The molecule has 0 atom stereocenters. The number of primary amides is 1. The van der Waals surface area contributed by atoms with Gasteiger partial charge >= 0.3 is 5.97 Å². The number of rotatable bonds is 6. The van der Waals surface area contributed by atoms with Gasteiger partial charge in [-0.15, -0.1) is 11.3 Å². The Kier molecular flexibility index (Phi) is 7.34. The third kappa shape index (κ3) is 5.80. The van der Waals surface area contributed by atoms with E-state index in [1.165, 1.54) is 30.7 Å². The number of nitrogens with two attached hydrogens (primary N) is 1. The Morgan fingerprint density at radius 3 is 2.21 bits per heavy atom. The molecule has 0 saturated carbocycles. The fraction of sp³-hybridized carbons (Fsp3) is 0.0526. The van der Waals surface area contributed by atoms with Crippen molar-refractivity contribution >= 4 is 38.9 Å². The number of hydrogen-bond donors (Lipinski definition) is 3. The summed E-state index contributed by atoms with van der Waals surface area (Å²) in [6.07, 6.45) is 0. The lowest BCUT2D eigenvalue weighted by atomic mass is 10.2. The molecule has 0 radical (unpaired) electrons. The SMILES string of the molecule is COc1ccccc1C(N)=O.O=C(O)c1sccc1NS(=O)(=O)c1ccccc1. The number of ether oxygens (including phenoxy) is 1. The standard InChI is InChI=1S/C11H9NO4S2.C8H9NO2/c13-11(14)10-9(6-7-17-10)12-18(15,16)8-4-2-1-3-5-8;1-11-7-5-3-2-4-6(7)8(9)10/h1-7,12H,(H,13,14);2-5H,1H3,(H2,9,10). The van der Waals surface area contributed by atoms with E-state index in [1.54, 1.807) is 42.5 Å². The Morgan fingerprint density at radius 2 is 1.66 bits per heavy atom. The molecule has 0 aliphatic heterocycles. The van der Waals surface area contributed by atoms with Crippen LogP contribution in [0.25, 0.3) is 0 Å². The van der Waals surface area contributed by atoms with Gasteiger partial charge in [0.2, 0.25) is 0 Å². The third-order valence-corrected chi connectivity index (χ3v) is 5.81. The van der Waals surface area contributed by atoms with E-state index in [0.29, 0.717) is 11.3 Å². The van der Waals surface area contributed by atoms with Crippen LogP contribution in [0.2, 0.25) is 0 Å². The Balaban J connectivity index is 0.000000234. The normalized spacial score (nSPS) is 10.4. The van der Waals surface area contributed by atoms with E-state index in [1.807, 2.05) is 0 Å². The van der Waals surface area contributed by atoms with Crippen molar-refractivity contribution < 1.29 is 27.9 Å². The summed E-state index contributed by atoms with van der Waals surface area (Å²) >= 11 is 0.967. The van der Waals surface area contributed by atoms with Crippen LogP contribution < -0.4 is 15.2 Å². The zero-order valence-corrected chi connectivity index (χ0v) is 16.9. The monoisotopic (exact) mass is 434 g/mol. The van der Waals surface area contributed by atoms with Crippen LogP contribution in [0.5, 0.6) is 5.75 Å². The molecule has 0 bridgehead atoms. The molecule has 10 heteroatoms. The van der Waals surface area contributed by atoms with Gasteiger partial charge in [-0.25, -0.2) is 13.2 Å². The number of methoxy groups -OCH3 is 1. The summed E-state index contributed by atoms with van der Waals surface area (Å²) in [6, 6.07) is 16.0. The molecule has 0 aliphatic carbocycles. The molecule has 2 aromatic carbocycles. The Morgan fingerprint density at radius 1 is 1.03 bits per heavy atom. The van der Waals surface area contributed by atoms with Crippen molar-refractivity contribution in [1.82, 2.24) is 0 Å². The number of amides is 1. The molecular weight excluding hydrogens is 416 g/mol. The number of carbonyl (C=O) groups excluding carboxylic acids is 1. The van der Waals surface area contributed by atoms with Gasteiger partial charge in [0.05, 0.1) is 23.3 Å². The summed E-state index contributed by atoms with van der Waals surface area (Å²) in [6.45, 7) is 0. The van der Waals surface area contributed by atoms with Crippen molar-refractivity contribution in [3.05, 3.63) is 76.5 Å². The first-order chi connectivity index (χ1) is 13.8. The fourth-order valence-electron chi connectivity index (χ4n) is 2.21. The second-order valence-electron chi connectivity index (χ2n) is 5.45. The van der Waals surface area contributed by atoms with Crippen LogP contribution in [-0.2, 0) is 10.0 Å². The van der Waals surface area contributed by atoms with Crippen LogP contribution >= 0.6 is 11.3 Å². The molecule has 1 heterocycles. The average molecular weight is 434 g/mol. The van der Waals surface area contributed by atoms with E-state index in [2.05, 4.69) is 4.72 Å². The van der Waals surface area contributed by atoms with Crippen molar-refractivity contribution in [3.8, 4) is 5.75 Å². The van der Waals surface area contributed by atoms with Crippen molar-refractivity contribution in [2.45, 2.75) is 4.90 Å². The van der Waals surface area contributed by atoms with Crippen LogP contribution in [0.4, 0.5) is 5.69 Å². The zero-order chi connectivity index (χ0) is 21.4. The number of benzene rings is 2. The van der Waals surface area contributed by atoms with Gasteiger partial charge in [0.1, 0.15) is 10.6 Å². The number of aromatic carboxylic acids is 1. The molecular formula is C19H18N2O6S2. The topological polar surface area (TPSA) is 136 Å². The van der Waals surface area contributed by atoms with Gasteiger partial charge in [-0.3, -0.25) is 9.52 Å². The molecule has 0 unspecified atom stereocenters. The molecule has 8 nitrogen and oxygen atoms in total. The number of thiophene rings is 1. The maximum Gasteiger partial charge on any atom is 0.348 e. The highest BCUT2D eigenvalue weighted by atomic mass is 32.2. The summed E-state index contributed by atoms with van der Waals surface area (Å²) in [5.74, 6) is -1.11. The smallest absolute Gasteiger partial charge is 0.348 e. The Hall–Kier alpha value is -3.37. The number of carbonyl (C=O) groups is 2. The fourth-order valence-corrected chi connectivity index (χ4v) is 4.05. The van der Waals surface area contributed by atoms with E-state index in [4.69, 9.17) is 15.6 Å². The maximum absolute atomic E-state index is 12.0. The molecule has 3 aromatic rings. The summed E-state index contributed by atoms with van der Waals surface area (Å²) in [5, 5.41) is 10.4. The van der Waals surface area contributed by atoms with E-state index in [0.717, 1.165) is 11.3 Å². The lowest BCUT2D eigenvalue weighted by Gasteiger charge is -2.07. The van der Waals surface area contributed by atoms with Crippen molar-refractivity contribution in [2.75, 3.05) is 11.8 Å². The van der Waals surface area contributed by atoms with Gasteiger partial charge in [-0.2, -0.15) is 0 Å². The minimum atomic E-state index is -3.75. The second-order valence-corrected chi connectivity index (χ2v) is 8.05. The molecule has 1 aromatic heterocycles. The molecule has 4 N–H and O–H groups in total. The van der Waals surface area contributed by atoms with Crippen molar-refractivity contribution in [3.63, 3.8) is 0 Å². The number of nitrogens with one attached hydrogen (secondary N) is 1. The Bertz CT molecular complexity index is 1090. The molecule has 0 spiro atoms. The maximum atomic E-state index is 12.0. The van der Waals surface area contributed by atoms with Crippen LogP contribution in [0.1, 0.15) is 20.0 Å². The second kappa shape index (κ2) is 9.71. The summed E-state index contributed by atoms with van der Waals surface area (Å²) in [4.78, 5) is 21.7. The number of carboxylic acid groups (broad SMARTS) is 1. The molecule has 152 valence electrons. The minimum Gasteiger partial charge on any atom is -0.496 e. The number of hydrogen-bond acceptors (Lipinski definition) is 6. The van der Waals surface area contributed by atoms with Gasteiger partial charge in [-0.1, -0.05) is 30.3 Å². The van der Waals surface area contributed by atoms with Crippen molar-refractivity contribution in [1.29, 1.82) is 0 Å². The molecule has 3 rings (SSSR count). The number of para-hydroxylation sites is 1. The van der Waals surface area contributed by atoms with Crippen LogP contribution in [0.3, 0.4) is 0 Å². The quantitative estimate of drug-likeness (QED) is 0.546. The van der Waals surface area contributed by atoms with Gasteiger partial charge in [0, 0.05) is 0 Å². The average Bonchev–Trinajstić information content (AvgIpc) is 3.17. The van der Waals surface area contributed by atoms with Crippen molar-refractivity contribution in [2.24, 2.45) is 5.73 Å². The van der Waals surface area contributed by atoms with Gasteiger partial charge in [0.25, 0.3) is 15.9 Å². The van der Waals surface area contributed by atoms with Gasteiger partial charge in [0.15, 0.2) is 0 Å². The first-order valence-corrected chi connectivity index (χ1v) is 10.4. The summed E-state index contributed by atoms with van der Waals surface area (Å²) in [5.41, 5.74) is 5.56. The third-order valence-electron chi connectivity index (χ3n) is 3.53. The highest BCUT2D eigenvalue weighted by Gasteiger charge is 2.19. The van der Waals surface area contributed by atoms with E-state index in [9.17, 15) is 18.0 Å². The largest absolute Gasteiger partial charge is 0.496 e. The first-order valence-electron chi connectivity index (χ1n) is 8.07. The Labute approximate surface area is 171 Å². The molecule has 0 aliphatic rings. The van der Waals surface area contributed by atoms with Gasteiger partial charge in [-0.05, 0) is 35.7 Å². The zero-order valence-electron chi connectivity index (χ0n) is 15.2. The minimum absolute atomic E-state index is 0.0329. The summed E-state index contributed by atoms with van der Waals surface area (Å²) in [7, 11) is -2.24. The van der Waals surface area contributed by atoms with Crippen LogP contribution in [-0.4, -0.2) is 32.5 Å². The first kappa shape index (κ1) is 21.9. The highest BCUT2D eigenvalue weighted by molar-refractivity contribution is 7.92. The predicted octanol–water partition coefficient (Wildman–Crippen LogP) is 3.04. The number of anilines is 1. The molecule has 0 saturated heterocycles. The van der Waals surface area contributed by atoms with E-state index in [-0.39, 0.29) is 15.5 Å². The van der Waals surface area contributed by atoms with Gasteiger partial charge < -0.3 is 15.6 Å². The predicted molar refractivity (Wildman–Crippen MR) is 110 cm³/mol. The van der Waals surface area contributed by atoms with E-state index >= 15 is 0 Å². The molecule has 0 fully saturated rings. The van der Waals surface area contributed by atoms with E-state index < -0.39 is 21.9 Å². The molecule has 29 heavy (non-hydrogen) atoms. The lowest BCUT2D eigenvalue weighted by molar-refractivity contribution is 0.0703. The van der Waals surface area contributed by atoms with Crippen LogP contribution in [0, 0.1) is 0 Å². The highest BCUT2D eigenvalue weighted by Crippen LogP contribution is 2.25. The number of sulfonamides is 1. The van der Waals surface area contributed by atoms with Crippen LogP contribution in [0.15, 0.2) is 70.9 Å². The number of carboxylic acids is 1. The summed E-state index contributed by atoms with van der Waals surface area (Å²) < 4.78 is 31.1.